The van der Waals surface area contributed by atoms with Gasteiger partial charge < -0.3 is 9.47 Å². The van der Waals surface area contributed by atoms with Gasteiger partial charge in [0.05, 0.1) is 0 Å². The smallest absolute Gasteiger partial charge is 0.200 e. The lowest BCUT2D eigenvalue weighted by Gasteiger charge is -2.38. The van der Waals surface area contributed by atoms with Gasteiger partial charge in [0.15, 0.2) is 29.1 Å². The molecule has 0 aliphatic heterocycles. The summed E-state index contributed by atoms with van der Waals surface area (Å²) in [5.41, 5.74) is -0.746. The predicted molar refractivity (Wildman–Crippen MR) is 112 cm³/mol. The highest BCUT2D eigenvalue weighted by molar-refractivity contribution is 5.24. The summed E-state index contributed by atoms with van der Waals surface area (Å²) in [4.78, 5) is 0. The zero-order valence-electron chi connectivity index (χ0n) is 19.3. The van der Waals surface area contributed by atoms with Gasteiger partial charge in [-0.15, -0.1) is 0 Å². The number of ether oxygens (including phenoxy) is 2. The topological polar surface area (TPSA) is 18.5 Å². The zero-order valence-corrected chi connectivity index (χ0v) is 19.3. The zero-order chi connectivity index (χ0) is 23.4. The first kappa shape index (κ1) is 27.8. The predicted octanol–water partition coefficient (Wildman–Crippen LogP) is 7.86. The molecule has 1 unspecified atom stereocenters. The SMILES string of the molecule is CCCCCCCCC(CCCCc1c(F)c(F)c(F)c(F)c1F)C(CC)(OC)OC. The van der Waals surface area contributed by atoms with Gasteiger partial charge in [0, 0.05) is 25.7 Å². The maximum atomic E-state index is 13.9. The van der Waals surface area contributed by atoms with Gasteiger partial charge in [-0.1, -0.05) is 58.8 Å². The lowest BCUT2D eigenvalue weighted by atomic mass is 9.85. The second kappa shape index (κ2) is 14.0. The van der Waals surface area contributed by atoms with Crippen LogP contribution in [0.2, 0.25) is 0 Å². The Bertz CT molecular complexity index is 625. The average molecular weight is 453 g/mol. The molecule has 0 N–H and O–H groups in total. The highest BCUT2D eigenvalue weighted by Gasteiger charge is 2.36. The largest absolute Gasteiger partial charge is 0.353 e. The van der Waals surface area contributed by atoms with E-state index >= 15 is 0 Å². The van der Waals surface area contributed by atoms with Crippen molar-refractivity contribution < 1.29 is 31.4 Å². The fourth-order valence-corrected chi connectivity index (χ4v) is 4.31. The summed E-state index contributed by atoms with van der Waals surface area (Å²) < 4.78 is 79.1. The van der Waals surface area contributed by atoms with Crippen LogP contribution >= 0.6 is 0 Å². The Balaban J connectivity index is 2.72. The molecule has 1 aromatic rings. The van der Waals surface area contributed by atoms with E-state index in [9.17, 15) is 22.0 Å². The van der Waals surface area contributed by atoms with E-state index in [1.807, 2.05) is 6.92 Å². The lowest BCUT2D eigenvalue weighted by Crippen LogP contribution is -2.41. The molecule has 1 atom stereocenters. The lowest BCUT2D eigenvalue weighted by molar-refractivity contribution is -0.244. The molecular formula is C24H37F5O2. The Kier molecular flexibility index (Phi) is 12.6. The van der Waals surface area contributed by atoms with E-state index in [4.69, 9.17) is 9.47 Å². The molecule has 1 aromatic carbocycles. The normalized spacial score (nSPS) is 13.1. The van der Waals surface area contributed by atoms with Crippen LogP contribution in [0.15, 0.2) is 0 Å². The summed E-state index contributed by atoms with van der Waals surface area (Å²) in [7, 11) is 3.21. The first-order valence-electron chi connectivity index (χ1n) is 11.4. The number of rotatable bonds is 16. The average Bonchev–Trinajstić information content (AvgIpc) is 2.78. The van der Waals surface area contributed by atoms with E-state index in [1.54, 1.807) is 14.2 Å². The molecule has 1 rings (SSSR count). The molecule has 0 radical (unpaired) electrons. The number of benzene rings is 1. The van der Waals surface area contributed by atoms with Gasteiger partial charge >= 0.3 is 0 Å². The summed E-state index contributed by atoms with van der Waals surface area (Å²) in [6.07, 6.45) is 9.85. The monoisotopic (exact) mass is 452 g/mol. The van der Waals surface area contributed by atoms with Crippen molar-refractivity contribution in [2.75, 3.05) is 14.2 Å². The maximum Gasteiger partial charge on any atom is 0.200 e. The van der Waals surface area contributed by atoms with Gasteiger partial charge in [-0.3, -0.25) is 0 Å². The van der Waals surface area contributed by atoms with Crippen molar-refractivity contribution in [1.29, 1.82) is 0 Å². The minimum absolute atomic E-state index is 0.0788. The third-order valence-corrected chi connectivity index (χ3v) is 6.24. The molecule has 0 spiro atoms. The second-order valence-electron chi connectivity index (χ2n) is 8.12. The molecule has 2 nitrogen and oxygen atoms in total. The quantitative estimate of drug-likeness (QED) is 0.0835. The highest BCUT2D eigenvalue weighted by atomic mass is 19.2. The minimum Gasteiger partial charge on any atom is -0.353 e. The van der Waals surface area contributed by atoms with Crippen molar-refractivity contribution >= 4 is 0 Å². The Morgan fingerprint density at radius 3 is 1.58 bits per heavy atom. The van der Waals surface area contributed by atoms with E-state index in [1.165, 1.54) is 25.7 Å². The third-order valence-electron chi connectivity index (χ3n) is 6.24. The van der Waals surface area contributed by atoms with Crippen LogP contribution in [0.5, 0.6) is 0 Å². The van der Waals surface area contributed by atoms with Crippen LogP contribution in [0.1, 0.15) is 90.0 Å². The van der Waals surface area contributed by atoms with Crippen molar-refractivity contribution in [2.45, 2.75) is 96.7 Å². The Morgan fingerprint density at radius 2 is 1.10 bits per heavy atom. The van der Waals surface area contributed by atoms with E-state index in [-0.39, 0.29) is 12.3 Å². The summed E-state index contributed by atoms with van der Waals surface area (Å²) in [5, 5.41) is 0. The molecular weight excluding hydrogens is 415 g/mol. The molecule has 0 heterocycles. The van der Waals surface area contributed by atoms with Gasteiger partial charge in [-0.25, -0.2) is 22.0 Å². The number of unbranched alkanes of at least 4 members (excludes halogenated alkanes) is 6. The summed E-state index contributed by atoms with van der Waals surface area (Å²) in [6.45, 7) is 4.16. The van der Waals surface area contributed by atoms with Crippen LogP contribution in [-0.2, 0) is 15.9 Å². The number of hydrogen-bond acceptors (Lipinski definition) is 2. The molecule has 0 amide bonds. The van der Waals surface area contributed by atoms with E-state index in [0.717, 1.165) is 19.3 Å². The molecule has 0 saturated carbocycles. The highest BCUT2D eigenvalue weighted by Crippen LogP contribution is 2.35. The van der Waals surface area contributed by atoms with E-state index in [2.05, 4.69) is 6.92 Å². The van der Waals surface area contributed by atoms with E-state index < -0.39 is 40.4 Å². The first-order valence-corrected chi connectivity index (χ1v) is 11.4. The number of halogens is 5. The van der Waals surface area contributed by atoms with Crippen LogP contribution in [0.3, 0.4) is 0 Å². The van der Waals surface area contributed by atoms with Crippen LogP contribution in [-0.4, -0.2) is 20.0 Å². The molecule has 0 aliphatic rings. The number of methoxy groups -OCH3 is 2. The standard InChI is InChI=1S/C24H37F5O2/c1-5-7-8-9-10-11-14-17(24(6-2,30-3)31-4)15-12-13-16-18-19(25)21(27)23(29)22(28)20(18)26/h17H,5-16H2,1-4H3. The van der Waals surface area contributed by atoms with Crippen LogP contribution in [0.25, 0.3) is 0 Å². The van der Waals surface area contributed by atoms with Gasteiger partial charge in [-0.05, 0) is 32.1 Å². The van der Waals surface area contributed by atoms with Crippen molar-refractivity contribution in [2.24, 2.45) is 5.92 Å². The Morgan fingerprint density at radius 1 is 0.645 bits per heavy atom. The molecule has 0 saturated heterocycles. The minimum atomic E-state index is -2.12. The Labute approximate surface area is 183 Å². The number of hydrogen-bond donors (Lipinski definition) is 0. The van der Waals surface area contributed by atoms with Crippen LogP contribution in [0, 0.1) is 35.0 Å². The van der Waals surface area contributed by atoms with Gasteiger partial charge in [0.25, 0.3) is 0 Å². The van der Waals surface area contributed by atoms with Crippen molar-refractivity contribution in [1.82, 2.24) is 0 Å². The van der Waals surface area contributed by atoms with Crippen molar-refractivity contribution in [3.63, 3.8) is 0 Å². The summed E-state index contributed by atoms with van der Waals surface area (Å²) >= 11 is 0. The molecule has 0 fully saturated rings. The molecule has 31 heavy (non-hydrogen) atoms. The van der Waals surface area contributed by atoms with E-state index in [0.29, 0.717) is 25.7 Å². The van der Waals surface area contributed by atoms with Gasteiger partial charge in [0.2, 0.25) is 5.82 Å². The third kappa shape index (κ3) is 7.41. The van der Waals surface area contributed by atoms with Gasteiger partial charge in [0.1, 0.15) is 0 Å². The maximum absolute atomic E-state index is 13.9. The molecule has 0 aliphatic carbocycles. The fraction of sp³-hybridized carbons (Fsp3) is 0.750. The van der Waals surface area contributed by atoms with Crippen molar-refractivity contribution in [3.8, 4) is 0 Å². The molecule has 180 valence electrons. The molecule has 0 aromatic heterocycles. The fourth-order valence-electron chi connectivity index (χ4n) is 4.31. The summed E-state index contributed by atoms with van der Waals surface area (Å²) in [6, 6.07) is 0. The Hall–Kier alpha value is -1.21. The van der Waals surface area contributed by atoms with Crippen molar-refractivity contribution in [3.05, 3.63) is 34.6 Å². The first-order chi connectivity index (χ1) is 14.8. The van der Waals surface area contributed by atoms with Crippen LogP contribution < -0.4 is 0 Å². The molecule has 0 bridgehead atoms. The second-order valence-corrected chi connectivity index (χ2v) is 8.12. The molecule has 7 heteroatoms. The van der Waals surface area contributed by atoms with Crippen LogP contribution in [0.4, 0.5) is 22.0 Å². The summed E-state index contributed by atoms with van der Waals surface area (Å²) in [5.74, 6) is -10.0. The van der Waals surface area contributed by atoms with Gasteiger partial charge in [-0.2, -0.15) is 0 Å².